The second-order valence-electron chi connectivity index (χ2n) is 12.0. The van der Waals surface area contributed by atoms with Crippen molar-refractivity contribution in [1.29, 1.82) is 0 Å². The van der Waals surface area contributed by atoms with Gasteiger partial charge in [-0.3, -0.25) is 0 Å². The Labute approximate surface area is 264 Å². The molecule has 0 aliphatic carbocycles. The molecule has 8 aromatic rings. The molecule has 3 nitrogen and oxygen atoms in total. The number of anilines is 6. The van der Waals surface area contributed by atoms with Gasteiger partial charge in [-0.05, 0) is 70.8 Å². The molecule has 0 aromatic heterocycles. The van der Waals surface area contributed by atoms with Gasteiger partial charge in [-0.2, -0.15) is 0 Å². The van der Waals surface area contributed by atoms with Crippen molar-refractivity contribution >= 4 is 100 Å². The lowest BCUT2D eigenvalue weighted by molar-refractivity contribution is 0.494. The van der Waals surface area contributed by atoms with Crippen LogP contribution in [0.25, 0.3) is 32.3 Å². The number of ether oxygens (including phenoxy) is 1. The minimum atomic E-state index is -2.59. The number of hydrogen-bond donors (Lipinski definition) is 0. The summed E-state index contributed by atoms with van der Waals surface area (Å²) >= 11 is 7.23. The molecule has 3 aliphatic rings. The van der Waals surface area contributed by atoms with Crippen LogP contribution in [0.15, 0.2) is 140 Å². The van der Waals surface area contributed by atoms with E-state index in [4.69, 9.17) is 16.5 Å². The van der Waals surface area contributed by atoms with Crippen molar-refractivity contribution in [2.24, 2.45) is 0 Å². The molecule has 0 saturated heterocycles. The molecule has 210 valence electrons. The molecule has 8 aromatic carbocycles. The molecule has 0 spiro atoms. The summed E-state index contributed by atoms with van der Waals surface area (Å²) in [5.74, 6) is 1.79. The van der Waals surface area contributed by atoms with E-state index in [-0.39, 0.29) is 0 Å². The van der Waals surface area contributed by atoms with Gasteiger partial charge in [0.1, 0.15) is 11.5 Å². The normalized spacial score (nSPS) is 17.2. The van der Waals surface area contributed by atoms with Gasteiger partial charge in [0.2, 0.25) is 0 Å². The summed E-state index contributed by atoms with van der Waals surface area (Å²) in [6, 6.07) is 47.6. The van der Waals surface area contributed by atoms with Crippen molar-refractivity contribution in [2.45, 2.75) is 0 Å². The SMILES string of the molecule is S=P12c3c4cccc3N(c3ccccc3)c3cccc(c31)N(c1ccccc1)c1c2c(c2ccc3cccc5ccc1c2c35)O4. The highest BCUT2D eigenvalue weighted by Gasteiger charge is 2.51. The van der Waals surface area contributed by atoms with Crippen molar-refractivity contribution < 1.29 is 4.74 Å². The second kappa shape index (κ2) is 8.31. The first-order chi connectivity index (χ1) is 22.2. The van der Waals surface area contributed by atoms with Gasteiger partial charge in [0.05, 0.1) is 39.4 Å². The number of nitrogens with zero attached hydrogens (tertiary/aromatic N) is 2. The van der Waals surface area contributed by atoms with Crippen LogP contribution in [0.2, 0.25) is 0 Å². The zero-order valence-electron chi connectivity index (χ0n) is 23.9. The van der Waals surface area contributed by atoms with Crippen LogP contribution in [0.5, 0.6) is 11.5 Å². The predicted molar refractivity (Wildman–Crippen MR) is 193 cm³/mol. The van der Waals surface area contributed by atoms with Gasteiger partial charge in [0.15, 0.2) is 0 Å². The summed E-state index contributed by atoms with van der Waals surface area (Å²) in [6.07, 6.45) is 0. The van der Waals surface area contributed by atoms with E-state index >= 15 is 0 Å². The molecule has 0 radical (unpaired) electrons. The van der Waals surface area contributed by atoms with E-state index in [1.54, 1.807) is 0 Å². The third-order valence-electron chi connectivity index (χ3n) is 9.82. The number of para-hydroxylation sites is 2. The fraction of sp³-hybridized carbons (Fsp3) is 0. The highest BCUT2D eigenvalue weighted by Crippen LogP contribution is 2.68. The number of fused-ring (bicyclic) bond motifs is 2. The Kier molecular flexibility index (Phi) is 4.47. The maximum Gasteiger partial charge on any atom is 0.146 e. The van der Waals surface area contributed by atoms with E-state index in [0.29, 0.717) is 0 Å². The van der Waals surface area contributed by atoms with Crippen LogP contribution in [-0.4, -0.2) is 0 Å². The predicted octanol–water partition coefficient (Wildman–Crippen LogP) is 10.0. The monoisotopic (exact) mass is 610 g/mol. The first-order valence-electron chi connectivity index (χ1n) is 15.2. The van der Waals surface area contributed by atoms with Crippen molar-refractivity contribution in [3.05, 3.63) is 140 Å². The van der Waals surface area contributed by atoms with Gasteiger partial charge >= 0.3 is 0 Å². The summed E-state index contributed by atoms with van der Waals surface area (Å²) in [6.45, 7) is 0. The molecule has 3 heterocycles. The minimum Gasteiger partial charge on any atom is -0.455 e. The largest absolute Gasteiger partial charge is 0.455 e. The lowest BCUT2D eigenvalue weighted by Gasteiger charge is -2.49. The average molecular weight is 611 g/mol. The maximum absolute atomic E-state index is 7.23. The quantitative estimate of drug-likeness (QED) is 0.143. The molecule has 1 atom stereocenters. The molecular weight excluding hydrogens is 587 g/mol. The molecule has 0 saturated carbocycles. The second-order valence-corrected chi connectivity index (χ2v) is 16.2. The highest BCUT2D eigenvalue weighted by atomic mass is 32.4. The fourth-order valence-electron chi connectivity index (χ4n) is 8.14. The Morgan fingerprint density at radius 2 is 1.04 bits per heavy atom. The Morgan fingerprint density at radius 1 is 0.467 bits per heavy atom. The van der Waals surface area contributed by atoms with Crippen LogP contribution in [-0.2, 0) is 11.8 Å². The van der Waals surface area contributed by atoms with Gasteiger partial charge in [-0.15, -0.1) is 0 Å². The van der Waals surface area contributed by atoms with E-state index in [1.807, 2.05) is 0 Å². The molecule has 0 fully saturated rings. The first-order valence-corrected chi connectivity index (χ1v) is 18.0. The van der Waals surface area contributed by atoms with E-state index in [9.17, 15) is 0 Å². The van der Waals surface area contributed by atoms with Crippen molar-refractivity contribution in [1.82, 2.24) is 0 Å². The Hall–Kier alpha value is -5.15. The number of hydrogen-bond acceptors (Lipinski definition) is 4. The van der Waals surface area contributed by atoms with Crippen molar-refractivity contribution in [3.8, 4) is 11.5 Å². The molecule has 0 bridgehead atoms. The summed E-state index contributed by atoms with van der Waals surface area (Å²) < 4.78 is 7.15. The molecule has 1 unspecified atom stereocenters. The third kappa shape index (κ3) is 2.82. The molecular formula is C40H23N2OPS. The lowest BCUT2D eigenvalue weighted by atomic mass is 9.92. The number of rotatable bonds is 2. The van der Waals surface area contributed by atoms with Gasteiger partial charge in [0, 0.05) is 32.8 Å². The molecule has 0 amide bonds. The molecule has 0 N–H and O–H groups in total. The zero-order valence-corrected chi connectivity index (χ0v) is 25.6. The molecule has 5 heteroatoms. The van der Waals surface area contributed by atoms with E-state index in [2.05, 4.69) is 149 Å². The van der Waals surface area contributed by atoms with Crippen LogP contribution in [0.3, 0.4) is 0 Å². The molecule has 3 aliphatic heterocycles. The van der Waals surface area contributed by atoms with Crippen LogP contribution < -0.4 is 30.5 Å². The van der Waals surface area contributed by atoms with Crippen LogP contribution in [0, 0.1) is 0 Å². The Balaban J connectivity index is 1.39. The third-order valence-corrected chi connectivity index (χ3v) is 14.7. The van der Waals surface area contributed by atoms with E-state index in [0.717, 1.165) is 56.3 Å². The average Bonchev–Trinajstić information content (AvgIpc) is 3.09. The summed E-state index contributed by atoms with van der Waals surface area (Å²) in [4.78, 5) is 4.84. The van der Waals surface area contributed by atoms with Crippen LogP contribution in [0.4, 0.5) is 34.1 Å². The zero-order chi connectivity index (χ0) is 29.4. The van der Waals surface area contributed by atoms with Gasteiger partial charge < -0.3 is 14.5 Å². The smallest absolute Gasteiger partial charge is 0.146 e. The summed E-state index contributed by atoms with van der Waals surface area (Å²) in [5, 5.41) is 10.9. The van der Waals surface area contributed by atoms with Crippen molar-refractivity contribution in [2.75, 3.05) is 9.80 Å². The standard InChI is InChI=1S/C40H23N2OPS/c45-44-38-30-16-8-17-31(38)42(27-14-5-2-6-15-27)36-28-22-20-24-10-7-11-25-21-23-29(35(28)34(24)25)37(40(36)44)43-33-19-9-18-32(39(33)44)41(30)26-12-3-1-4-13-26/h1-23H. The maximum atomic E-state index is 7.23. The van der Waals surface area contributed by atoms with Crippen molar-refractivity contribution in [3.63, 3.8) is 0 Å². The highest BCUT2D eigenvalue weighted by molar-refractivity contribution is 8.26. The fourth-order valence-corrected chi connectivity index (χ4v) is 13.3. The van der Waals surface area contributed by atoms with Gasteiger partial charge in [-0.1, -0.05) is 96.7 Å². The first kappa shape index (κ1) is 24.2. The van der Waals surface area contributed by atoms with E-state index < -0.39 is 6.04 Å². The van der Waals surface area contributed by atoms with Crippen LogP contribution >= 0.6 is 6.04 Å². The summed E-state index contributed by atoms with van der Waals surface area (Å²) in [7, 11) is 0. The van der Waals surface area contributed by atoms with E-state index in [1.165, 1.54) is 37.5 Å². The molecule has 45 heavy (non-hydrogen) atoms. The lowest BCUT2D eigenvalue weighted by Crippen LogP contribution is -2.45. The Bertz CT molecular complexity index is 2600. The number of benzene rings is 8. The topological polar surface area (TPSA) is 15.7 Å². The summed E-state index contributed by atoms with van der Waals surface area (Å²) in [5.41, 5.74) is 6.79. The molecule has 11 rings (SSSR count). The van der Waals surface area contributed by atoms with Gasteiger partial charge in [-0.25, -0.2) is 0 Å². The van der Waals surface area contributed by atoms with Gasteiger partial charge in [0.25, 0.3) is 0 Å². The minimum absolute atomic E-state index is 0.874. The Morgan fingerprint density at radius 3 is 1.76 bits per heavy atom. The van der Waals surface area contributed by atoms with Crippen LogP contribution in [0.1, 0.15) is 0 Å².